The monoisotopic (exact) mass is 601 g/mol. The highest BCUT2D eigenvalue weighted by atomic mass is 16.6. The van der Waals surface area contributed by atoms with Gasteiger partial charge in [-0.1, -0.05) is 12.8 Å². The van der Waals surface area contributed by atoms with Crippen molar-refractivity contribution in [1.82, 2.24) is 14.4 Å². The number of benzene rings is 1. The van der Waals surface area contributed by atoms with Gasteiger partial charge in [0.2, 0.25) is 5.95 Å². The fraction of sp³-hybridized carbons (Fsp3) is 0.500. The molecular weight excluding hydrogens is 562 g/mol. The molecule has 43 heavy (non-hydrogen) atoms. The zero-order valence-corrected chi connectivity index (χ0v) is 24.1. The number of carboxylic acid groups (broad SMARTS) is 1. The molecule has 3 aromatic rings. The van der Waals surface area contributed by atoms with Gasteiger partial charge in [0, 0.05) is 48.4 Å². The third-order valence-corrected chi connectivity index (χ3v) is 6.77. The Morgan fingerprint density at radius 3 is 2.42 bits per heavy atom. The van der Waals surface area contributed by atoms with E-state index in [-0.39, 0.29) is 49.9 Å². The van der Waals surface area contributed by atoms with Crippen LogP contribution >= 0.6 is 0 Å². The summed E-state index contributed by atoms with van der Waals surface area (Å²) in [5.74, 6) is 0.0527. The average molecular weight is 602 g/mol. The Kier molecular flexibility index (Phi) is 11.7. The van der Waals surface area contributed by atoms with Crippen LogP contribution in [-0.4, -0.2) is 96.8 Å². The van der Waals surface area contributed by atoms with Gasteiger partial charge in [0.15, 0.2) is 11.5 Å². The Morgan fingerprint density at radius 1 is 1.02 bits per heavy atom. The third-order valence-electron chi connectivity index (χ3n) is 6.77. The van der Waals surface area contributed by atoms with E-state index >= 15 is 0 Å². The summed E-state index contributed by atoms with van der Waals surface area (Å²) in [4.78, 5) is 32.1. The van der Waals surface area contributed by atoms with Crippen molar-refractivity contribution in [2.24, 2.45) is 11.5 Å². The van der Waals surface area contributed by atoms with Crippen LogP contribution in [0.15, 0.2) is 30.6 Å². The number of carbonyl (C=O) groups excluding carboxylic acids is 1. The van der Waals surface area contributed by atoms with Crippen LogP contribution < -0.4 is 31.6 Å². The SMILES string of the molecule is COc1cc(Nc2nc(N[C@H]3CCCC[C@H]3N)n3ccnc3c2C(N)=O)cc(OCCOCCOCCOCC(=O)O)c1. The number of anilines is 3. The predicted molar refractivity (Wildman–Crippen MR) is 157 cm³/mol. The summed E-state index contributed by atoms with van der Waals surface area (Å²) < 4.78 is 28.8. The number of aromatic nitrogens is 3. The number of amides is 1. The minimum Gasteiger partial charge on any atom is -0.497 e. The second kappa shape index (κ2) is 15.9. The molecule has 1 saturated carbocycles. The summed E-state index contributed by atoms with van der Waals surface area (Å²) in [5, 5.41) is 15.2. The fourth-order valence-corrected chi connectivity index (χ4v) is 4.70. The summed E-state index contributed by atoms with van der Waals surface area (Å²) in [6.45, 7) is 1.36. The third kappa shape index (κ3) is 9.15. The lowest BCUT2D eigenvalue weighted by molar-refractivity contribution is -0.142. The molecule has 1 aliphatic carbocycles. The minimum atomic E-state index is -1.02. The Balaban J connectivity index is 1.39. The molecule has 15 nitrogen and oxygen atoms in total. The number of ether oxygens (including phenoxy) is 5. The first-order valence-corrected chi connectivity index (χ1v) is 14.1. The number of rotatable bonds is 18. The molecule has 1 aliphatic rings. The lowest BCUT2D eigenvalue weighted by atomic mass is 9.91. The van der Waals surface area contributed by atoms with E-state index in [1.807, 2.05) is 0 Å². The van der Waals surface area contributed by atoms with Gasteiger partial charge < -0.3 is 50.9 Å². The van der Waals surface area contributed by atoms with Crippen molar-refractivity contribution in [2.45, 2.75) is 37.8 Å². The maximum absolute atomic E-state index is 12.6. The summed E-state index contributed by atoms with van der Waals surface area (Å²) in [7, 11) is 1.54. The van der Waals surface area contributed by atoms with Crippen molar-refractivity contribution >= 4 is 35.0 Å². The average Bonchev–Trinajstić information content (AvgIpc) is 3.46. The van der Waals surface area contributed by atoms with E-state index < -0.39 is 11.9 Å². The number of imidazole rings is 1. The largest absolute Gasteiger partial charge is 0.497 e. The maximum Gasteiger partial charge on any atom is 0.329 e. The molecule has 0 spiro atoms. The number of nitrogens with one attached hydrogen (secondary N) is 2. The molecule has 0 radical (unpaired) electrons. The molecule has 1 fully saturated rings. The number of methoxy groups -OCH3 is 1. The molecule has 234 valence electrons. The van der Waals surface area contributed by atoms with Crippen LogP contribution in [0.1, 0.15) is 36.0 Å². The van der Waals surface area contributed by atoms with Crippen LogP contribution in [0.25, 0.3) is 5.65 Å². The predicted octanol–water partition coefficient (Wildman–Crippen LogP) is 1.78. The molecule has 0 aliphatic heterocycles. The summed E-state index contributed by atoms with van der Waals surface area (Å²) in [5.41, 5.74) is 13.2. The van der Waals surface area contributed by atoms with Gasteiger partial charge >= 0.3 is 5.97 Å². The minimum absolute atomic E-state index is 0.0130. The number of carboxylic acids is 1. The van der Waals surface area contributed by atoms with Crippen molar-refractivity contribution in [3.63, 3.8) is 0 Å². The van der Waals surface area contributed by atoms with Gasteiger partial charge in [-0.15, -0.1) is 0 Å². The number of hydrogen-bond acceptors (Lipinski definition) is 12. The van der Waals surface area contributed by atoms with Crippen LogP contribution in [0.4, 0.5) is 17.5 Å². The lowest BCUT2D eigenvalue weighted by Gasteiger charge is -2.30. The van der Waals surface area contributed by atoms with Crippen LogP contribution in [0.2, 0.25) is 0 Å². The number of primary amides is 1. The van der Waals surface area contributed by atoms with E-state index in [2.05, 4.69) is 15.6 Å². The van der Waals surface area contributed by atoms with Gasteiger partial charge in [0.1, 0.15) is 30.3 Å². The van der Waals surface area contributed by atoms with Gasteiger partial charge in [-0.2, -0.15) is 4.98 Å². The van der Waals surface area contributed by atoms with Crippen LogP contribution in [-0.2, 0) is 19.0 Å². The second-order valence-electron chi connectivity index (χ2n) is 9.89. The van der Waals surface area contributed by atoms with Crippen LogP contribution in [0, 0.1) is 0 Å². The molecule has 1 amide bonds. The smallest absolute Gasteiger partial charge is 0.329 e. The summed E-state index contributed by atoms with van der Waals surface area (Å²) >= 11 is 0. The highest BCUT2D eigenvalue weighted by Crippen LogP contribution is 2.31. The standard InChI is InChI=1S/C28H39N7O8/c1-39-19-14-18(15-20(16-19)43-13-12-41-9-8-40-10-11-42-17-23(36)37)32-26-24(25(30)38)27-31-6-7-35(27)28(34-26)33-22-5-3-2-4-21(22)29/h6-7,14-16,21-22,32H,2-5,8-13,17,29H2,1H3,(H2,30,38)(H,33,34)(H,36,37)/t21-,22+/m1/s1. The van der Waals surface area contributed by atoms with E-state index in [1.54, 1.807) is 35.0 Å². The Hall–Kier alpha value is -4.18. The van der Waals surface area contributed by atoms with E-state index in [0.717, 1.165) is 25.7 Å². The molecular formula is C28H39N7O8. The molecule has 15 heteroatoms. The number of carbonyl (C=O) groups is 2. The number of nitrogens with two attached hydrogens (primary N) is 2. The summed E-state index contributed by atoms with van der Waals surface area (Å²) in [6, 6.07) is 5.23. The van der Waals surface area contributed by atoms with E-state index in [4.69, 9.17) is 45.2 Å². The quantitative estimate of drug-likeness (QED) is 0.132. The van der Waals surface area contributed by atoms with Gasteiger partial charge in [-0.25, -0.2) is 9.78 Å². The molecule has 1 aromatic carbocycles. The second-order valence-corrected chi connectivity index (χ2v) is 9.89. The molecule has 0 unspecified atom stereocenters. The Morgan fingerprint density at radius 2 is 1.72 bits per heavy atom. The zero-order valence-electron chi connectivity index (χ0n) is 24.1. The highest BCUT2D eigenvalue weighted by molar-refractivity contribution is 6.04. The maximum atomic E-state index is 12.6. The first-order valence-electron chi connectivity index (χ1n) is 14.1. The Labute approximate surface area is 248 Å². The lowest BCUT2D eigenvalue weighted by Crippen LogP contribution is -2.43. The van der Waals surface area contributed by atoms with Gasteiger partial charge in [-0.3, -0.25) is 9.20 Å². The molecule has 0 saturated heterocycles. The van der Waals surface area contributed by atoms with Crippen molar-refractivity contribution < 1.29 is 38.4 Å². The van der Waals surface area contributed by atoms with Crippen molar-refractivity contribution in [3.05, 3.63) is 36.2 Å². The van der Waals surface area contributed by atoms with E-state index in [1.165, 1.54) is 7.11 Å². The molecule has 2 heterocycles. The first-order chi connectivity index (χ1) is 20.9. The molecule has 7 N–H and O–H groups in total. The molecule has 0 bridgehead atoms. The number of fused-ring (bicyclic) bond motifs is 1. The molecule has 4 rings (SSSR count). The van der Waals surface area contributed by atoms with E-state index in [9.17, 15) is 9.59 Å². The highest BCUT2D eigenvalue weighted by Gasteiger charge is 2.25. The molecule has 2 atom stereocenters. The van der Waals surface area contributed by atoms with Crippen LogP contribution in [0.5, 0.6) is 11.5 Å². The van der Waals surface area contributed by atoms with Crippen LogP contribution in [0.3, 0.4) is 0 Å². The zero-order chi connectivity index (χ0) is 30.6. The van der Waals surface area contributed by atoms with Gasteiger partial charge in [0.25, 0.3) is 5.91 Å². The van der Waals surface area contributed by atoms with Crippen molar-refractivity contribution in [2.75, 3.05) is 64.0 Å². The topological polar surface area (TPSA) is 207 Å². The number of hydrogen-bond donors (Lipinski definition) is 5. The summed E-state index contributed by atoms with van der Waals surface area (Å²) in [6.07, 6.45) is 7.30. The van der Waals surface area contributed by atoms with Gasteiger partial charge in [-0.05, 0) is 12.8 Å². The van der Waals surface area contributed by atoms with E-state index in [0.29, 0.717) is 48.6 Å². The molecule has 2 aromatic heterocycles. The van der Waals surface area contributed by atoms with Gasteiger partial charge in [0.05, 0.1) is 40.1 Å². The van der Waals surface area contributed by atoms with Crippen molar-refractivity contribution in [3.8, 4) is 11.5 Å². The normalized spacial score (nSPS) is 16.6. The first kappa shape index (κ1) is 31.7. The number of nitrogens with zero attached hydrogens (tertiary/aromatic N) is 3. The Bertz CT molecular complexity index is 1370. The number of aliphatic carboxylic acids is 1. The fourth-order valence-electron chi connectivity index (χ4n) is 4.70. The van der Waals surface area contributed by atoms with Crippen molar-refractivity contribution in [1.29, 1.82) is 0 Å².